The second-order valence-electron chi connectivity index (χ2n) is 6.77. The quantitative estimate of drug-likeness (QED) is 0.608. The second kappa shape index (κ2) is 8.22. The number of anilines is 1. The van der Waals surface area contributed by atoms with Crippen LogP contribution in [-0.2, 0) is 20.1 Å². The van der Waals surface area contributed by atoms with Gasteiger partial charge in [-0.3, -0.25) is 13.9 Å². The first kappa shape index (κ1) is 20.2. The molecule has 3 rings (SSSR count). The van der Waals surface area contributed by atoms with Crippen LogP contribution in [0.4, 0.5) is 5.95 Å². The van der Waals surface area contributed by atoms with Crippen LogP contribution in [0.1, 0.15) is 32.8 Å². The van der Waals surface area contributed by atoms with Crippen molar-refractivity contribution in [2.24, 2.45) is 7.05 Å². The van der Waals surface area contributed by atoms with E-state index in [-0.39, 0.29) is 17.8 Å². The monoisotopic (exact) mass is 403 g/mol. The van der Waals surface area contributed by atoms with E-state index >= 15 is 0 Å². The topological polar surface area (TPSA) is 65.1 Å². The lowest BCUT2D eigenvalue weighted by Crippen LogP contribution is -2.40. The van der Waals surface area contributed by atoms with Crippen molar-refractivity contribution in [3.8, 4) is 0 Å². The fourth-order valence-corrected chi connectivity index (χ4v) is 3.60. The van der Waals surface area contributed by atoms with E-state index in [0.717, 1.165) is 25.1 Å². The van der Waals surface area contributed by atoms with Gasteiger partial charge in [-0.05, 0) is 38.0 Å². The Hall–Kier alpha value is -2.54. The van der Waals surface area contributed by atoms with Crippen molar-refractivity contribution in [3.63, 3.8) is 0 Å². The van der Waals surface area contributed by atoms with Gasteiger partial charge in [0.25, 0.3) is 5.56 Å². The van der Waals surface area contributed by atoms with E-state index in [1.165, 1.54) is 4.57 Å². The molecule has 0 unspecified atom stereocenters. The largest absolute Gasteiger partial charge is 0.343 e. The zero-order chi connectivity index (χ0) is 20.4. The summed E-state index contributed by atoms with van der Waals surface area (Å²) in [7, 11) is 1.83. The predicted octanol–water partition coefficient (Wildman–Crippen LogP) is 2.85. The van der Waals surface area contributed by atoms with E-state index in [1.54, 1.807) is 21.3 Å². The molecule has 2 aromatic heterocycles. The first-order valence-electron chi connectivity index (χ1n) is 9.62. The van der Waals surface area contributed by atoms with E-state index in [0.29, 0.717) is 28.7 Å². The van der Waals surface area contributed by atoms with Gasteiger partial charge >= 0.3 is 5.69 Å². The molecule has 0 saturated heterocycles. The zero-order valence-electron chi connectivity index (χ0n) is 16.8. The lowest BCUT2D eigenvalue weighted by Gasteiger charge is -2.19. The Bertz CT molecular complexity index is 1090. The first-order chi connectivity index (χ1) is 13.4. The molecule has 0 N–H and O–H groups in total. The van der Waals surface area contributed by atoms with Crippen LogP contribution in [0.2, 0.25) is 5.02 Å². The summed E-state index contributed by atoms with van der Waals surface area (Å²) >= 11 is 5.95. The molecule has 0 saturated carbocycles. The standard InChI is InChI=1S/C20H26ClN5O2/c1-5-12-25-17-16(23(4)19(22-17)24(6-2)7-3)18(27)26(20(25)28)13-14-8-10-15(21)11-9-14/h8-11H,5-7,12-13H2,1-4H3. The number of nitrogens with zero attached hydrogens (tertiary/aromatic N) is 5. The first-order valence-corrected chi connectivity index (χ1v) is 10.00. The van der Waals surface area contributed by atoms with Crippen molar-refractivity contribution in [1.82, 2.24) is 18.7 Å². The highest BCUT2D eigenvalue weighted by molar-refractivity contribution is 6.30. The lowest BCUT2D eigenvalue weighted by atomic mass is 10.2. The average Bonchev–Trinajstić information content (AvgIpc) is 3.02. The minimum atomic E-state index is -0.335. The van der Waals surface area contributed by atoms with Gasteiger partial charge in [0.15, 0.2) is 11.2 Å². The molecule has 0 aliphatic rings. The van der Waals surface area contributed by atoms with Crippen molar-refractivity contribution in [2.75, 3.05) is 18.0 Å². The molecule has 2 heterocycles. The van der Waals surface area contributed by atoms with Gasteiger partial charge in [-0.2, -0.15) is 4.98 Å². The fraction of sp³-hybridized carbons (Fsp3) is 0.450. The van der Waals surface area contributed by atoms with Crippen LogP contribution in [0.3, 0.4) is 0 Å². The normalized spacial score (nSPS) is 11.3. The fourth-order valence-electron chi connectivity index (χ4n) is 3.48. The van der Waals surface area contributed by atoms with Crippen LogP contribution < -0.4 is 16.1 Å². The van der Waals surface area contributed by atoms with E-state index in [4.69, 9.17) is 11.6 Å². The summed E-state index contributed by atoms with van der Waals surface area (Å²) in [6, 6.07) is 7.17. The molecule has 0 aliphatic heterocycles. The van der Waals surface area contributed by atoms with E-state index in [1.807, 2.05) is 40.0 Å². The summed E-state index contributed by atoms with van der Waals surface area (Å²) in [5.74, 6) is 0.700. The smallest absolute Gasteiger partial charge is 0.333 e. The van der Waals surface area contributed by atoms with Crippen molar-refractivity contribution >= 4 is 28.7 Å². The summed E-state index contributed by atoms with van der Waals surface area (Å²) < 4.78 is 4.70. The van der Waals surface area contributed by atoms with E-state index in [9.17, 15) is 9.59 Å². The van der Waals surface area contributed by atoms with Crippen LogP contribution >= 0.6 is 11.6 Å². The maximum Gasteiger partial charge on any atom is 0.333 e. The van der Waals surface area contributed by atoms with Crippen molar-refractivity contribution in [3.05, 3.63) is 55.7 Å². The van der Waals surface area contributed by atoms with Gasteiger partial charge in [0, 0.05) is 31.7 Å². The Balaban J connectivity index is 2.27. The minimum Gasteiger partial charge on any atom is -0.343 e. The third-order valence-electron chi connectivity index (χ3n) is 4.97. The number of fused-ring (bicyclic) bond motifs is 1. The highest BCUT2D eigenvalue weighted by Crippen LogP contribution is 2.18. The number of hydrogen-bond donors (Lipinski definition) is 0. The summed E-state index contributed by atoms with van der Waals surface area (Å²) in [5, 5.41) is 0.616. The molecular formula is C20H26ClN5O2. The van der Waals surface area contributed by atoms with Gasteiger partial charge in [-0.1, -0.05) is 30.7 Å². The zero-order valence-corrected chi connectivity index (χ0v) is 17.5. The molecule has 0 fully saturated rings. The third kappa shape index (κ3) is 3.46. The minimum absolute atomic E-state index is 0.195. The number of imidazole rings is 1. The molecule has 0 radical (unpaired) electrons. The van der Waals surface area contributed by atoms with Gasteiger partial charge in [0.2, 0.25) is 5.95 Å². The highest BCUT2D eigenvalue weighted by Gasteiger charge is 2.21. The molecule has 0 bridgehead atoms. The molecule has 1 aromatic carbocycles. The molecule has 3 aromatic rings. The van der Waals surface area contributed by atoms with Gasteiger partial charge in [-0.25, -0.2) is 4.79 Å². The maximum absolute atomic E-state index is 13.3. The Morgan fingerprint density at radius 3 is 2.25 bits per heavy atom. The molecule has 0 amide bonds. The van der Waals surface area contributed by atoms with E-state index < -0.39 is 0 Å². The summed E-state index contributed by atoms with van der Waals surface area (Å²) in [6.07, 6.45) is 0.769. The Labute approximate surface area is 168 Å². The number of aryl methyl sites for hydroxylation is 2. The third-order valence-corrected chi connectivity index (χ3v) is 5.22. The van der Waals surface area contributed by atoms with Crippen LogP contribution in [0.5, 0.6) is 0 Å². The Morgan fingerprint density at radius 2 is 1.68 bits per heavy atom. The van der Waals surface area contributed by atoms with Crippen LogP contribution in [0.25, 0.3) is 11.2 Å². The number of hydrogen-bond acceptors (Lipinski definition) is 4. The summed E-state index contributed by atoms with van der Waals surface area (Å²) in [5.41, 5.74) is 1.09. The molecule has 28 heavy (non-hydrogen) atoms. The number of rotatable bonds is 7. The molecule has 8 heteroatoms. The van der Waals surface area contributed by atoms with Gasteiger partial charge in [0.1, 0.15) is 0 Å². The van der Waals surface area contributed by atoms with Gasteiger partial charge < -0.3 is 9.47 Å². The molecule has 0 atom stereocenters. The molecule has 0 aliphatic carbocycles. The molecule has 150 valence electrons. The van der Waals surface area contributed by atoms with Crippen LogP contribution in [0, 0.1) is 0 Å². The molecule has 7 nitrogen and oxygen atoms in total. The van der Waals surface area contributed by atoms with E-state index in [2.05, 4.69) is 9.88 Å². The van der Waals surface area contributed by atoms with Crippen molar-refractivity contribution < 1.29 is 0 Å². The molecular weight excluding hydrogens is 378 g/mol. The van der Waals surface area contributed by atoms with Crippen LogP contribution in [0.15, 0.2) is 33.9 Å². The predicted molar refractivity (Wildman–Crippen MR) is 114 cm³/mol. The van der Waals surface area contributed by atoms with Crippen LogP contribution in [-0.4, -0.2) is 31.8 Å². The Morgan fingerprint density at radius 1 is 1.04 bits per heavy atom. The summed E-state index contributed by atoms with van der Waals surface area (Å²) in [4.78, 5) is 33.1. The van der Waals surface area contributed by atoms with Crippen molar-refractivity contribution in [1.29, 1.82) is 0 Å². The number of halogens is 1. The highest BCUT2D eigenvalue weighted by atomic mass is 35.5. The maximum atomic E-state index is 13.3. The van der Waals surface area contributed by atoms with Crippen molar-refractivity contribution in [2.45, 2.75) is 40.3 Å². The SMILES string of the molecule is CCCn1c(=O)n(Cc2ccc(Cl)cc2)c(=O)c2c1nc(N(CC)CC)n2C. The number of aromatic nitrogens is 4. The number of benzene rings is 1. The van der Waals surface area contributed by atoms with Gasteiger partial charge in [0.05, 0.1) is 6.54 Å². The lowest BCUT2D eigenvalue weighted by molar-refractivity contribution is 0.588. The average molecular weight is 404 g/mol. The van der Waals surface area contributed by atoms with Gasteiger partial charge in [-0.15, -0.1) is 0 Å². The second-order valence-corrected chi connectivity index (χ2v) is 7.20. The summed E-state index contributed by atoms with van der Waals surface area (Å²) in [6.45, 7) is 8.32. The molecule has 0 spiro atoms. The Kier molecular flexibility index (Phi) is 5.93.